The van der Waals surface area contributed by atoms with E-state index in [9.17, 15) is 14.7 Å². The van der Waals surface area contributed by atoms with Crippen LogP contribution >= 0.6 is 0 Å². The first kappa shape index (κ1) is 28.1. The molecule has 37 heavy (non-hydrogen) atoms. The predicted octanol–water partition coefficient (Wildman–Crippen LogP) is 4.56. The zero-order valence-corrected chi connectivity index (χ0v) is 22.7. The summed E-state index contributed by atoms with van der Waals surface area (Å²) >= 11 is 0. The average Bonchev–Trinajstić information content (AvgIpc) is 3.14. The number of carbonyl (C=O) groups is 2. The fourth-order valence-corrected chi connectivity index (χ4v) is 4.45. The number of nitrogens with zero attached hydrogens (tertiary/aromatic N) is 2. The quantitative estimate of drug-likeness (QED) is 0.194. The Hall–Kier alpha value is -3.52. The lowest BCUT2D eigenvalue weighted by atomic mass is 9.93. The van der Waals surface area contributed by atoms with E-state index < -0.39 is 17.7 Å². The van der Waals surface area contributed by atoms with E-state index in [-0.39, 0.29) is 11.3 Å². The summed E-state index contributed by atoms with van der Waals surface area (Å²) in [5, 5.41) is 11.4. The Bertz CT molecular complexity index is 1160. The van der Waals surface area contributed by atoms with Gasteiger partial charge in [-0.15, -0.1) is 0 Å². The molecule has 0 aliphatic carbocycles. The maximum atomic E-state index is 13.3. The lowest BCUT2D eigenvalue weighted by Crippen LogP contribution is -2.35. The van der Waals surface area contributed by atoms with Crippen LogP contribution in [0.5, 0.6) is 17.2 Å². The van der Waals surface area contributed by atoms with Gasteiger partial charge in [-0.1, -0.05) is 25.8 Å². The Kier molecular flexibility index (Phi) is 9.58. The zero-order chi connectivity index (χ0) is 27.1. The van der Waals surface area contributed by atoms with Gasteiger partial charge in [0.05, 0.1) is 32.4 Å². The second kappa shape index (κ2) is 12.6. The number of aliphatic hydroxyl groups is 1. The smallest absolute Gasteiger partial charge is 0.295 e. The molecule has 8 nitrogen and oxygen atoms in total. The molecule has 8 heteroatoms. The molecule has 0 saturated carbocycles. The number of hydrogen-bond donors (Lipinski definition) is 1. The number of aliphatic hydroxyl groups excluding tert-OH is 1. The molecule has 1 heterocycles. The fraction of sp³-hybridized carbons (Fsp3) is 0.448. The molecular formula is C29H38N2O6. The zero-order valence-electron chi connectivity index (χ0n) is 22.7. The molecule has 200 valence electrons. The van der Waals surface area contributed by atoms with Gasteiger partial charge in [-0.05, 0) is 68.9 Å². The van der Waals surface area contributed by atoms with Gasteiger partial charge < -0.3 is 29.1 Å². The molecule has 2 aromatic carbocycles. The second-order valence-electron chi connectivity index (χ2n) is 9.44. The summed E-state index contributed by atoms with van der Waals surface area (Å²) in [5.41, 5.74) is 1.90. The van der Waals surface area contributed by atoms with Crippen molar-refractivity contribution in [1.82, 2.24) is 9.80 Å². The number of ketones is 1. The third-order valence-electron chi connectivity index (χ3n) is 6.53. The molecule has 1 N–H and O–H groups in total. The summed E-state index contributed by atoms with van der Waals surface area (Å²) in [4.78, 5) is 30.0. The third-order valence-corrected chi connectivity index (χ3v) is 6.53. The van der Waals surface area contributed by atoms with Crippen LogP contribution in [0.4, 0.5) is 0 Å². The van der Waals surface area contributed by atoms with Crippen LogP contribution in [0, 0.1) is 6.92 Å². The van der Waals surface area contributed by atoms with Crippen molar-refractivity contribution in [2.45, 2.75) is 39.2 Å². The highest BCUT2D eigenvalue weighted by molar-refractivity contribution is 6.46. The van der Waals surface area contributed by atoms with Gasteiger partial charge in [0, 0.05) is 18.7 Å². The van der Waals surface area contributed by atoms with Crippen LogP contribution in [0.15, 0.2) is 42.0 Å². The lowest BCUT2D eigenvalue weighted by molar-refractivity contribution is -0.140. The number of benzene rings is 2. The molecule has 1 fully saturated rings. The largest absolute Gasteiger partial charge is 0.507 e. The standard InChI is InChI=1S/C29H38N2O6/c1-7-8-9-16-37-23-13-10-20(18-24(23)36-6)26-25(28(33)29(34)31(26)15-14-30(3)4)27(32)22-12-11-21(35-5)17-19(22)2/h10-13,17-18,26,32H,7-9,14-16H2,1-6H3/b27-25+. The van der Waals surface area contributed by atoms with Gasteiger partial charge in [-0.25, -0.2) is 0 Å². The molecule has 3 rings (SSSR count). The van der Waals surface area contributed by atoms with E-state index in [1.807, 2.05) is 32.0 Å². The van der Waals surface area contributed by atoms with E-state index in [0.717, 1.165) is 24.8 Å². The van der Waals surface area contributed by atoms with Crippen LogP contribution in [0.2, 0.25) is 0 Å². The number of carbonyl (C=O) groups excluding carboxylic acids is 2. The highest BCUT2D eigenvalue weighted by Gasteiger charge is 2.46. The molecule has 0 radical (unpaired) electrons. The molecule has 1 aliphatic heterocycles. The van der Waals surface area contributed by atoms with Gasteiger partial charge in [-0.2, -0.15) is 0 Å². The van der Waals surface area contributed by atoms with Crippen molar-refractivity contribution in [3.8, 4) is 17.2 Å². The Morgan fingerprint density at radius 1 is 1.03 bits per heavy atom. The predicted molar refractivity (Wildman–Crippen MR) is 143 cm³/mol. The van der Waals surface area contributed by atoms with Gasteiger partial charge in [0.15, 0.2) is 11.5 Å². The number of unbranched alkanes of at least 4 members (excludes halogenated alkanes) is 2. The summed E-state index contributed by atoms with van der Waals surface area (Å²) in [7, 11) is 6.93. The van der Waals surface area contributed by atoms with Gasteiger partial charge in [0.1, 0.15) is 11.5 Å². The highest BCUT2D eigenvalue weighted by Crippen LogP contribution is 2.42. The molecule has 2 aromatic rings. The first-order chi connectivity index (χ1) is 17.7. The minimum absolute atomic E-state index is 0.0516. The Balaban J connectivity index is 2.10. The molecule has 0 spiro atoms. The first-order valence-corrected chi connectivity index (χ1v) is 12.6. The van der Waals surface area contributed by atoms with E-state index in [4.69, 9.17) is 14.2 Å². The highest BCUT2D eigenvalue weighted by atomic mass is 16.5. The van der Waals surface area contributed by atoms with Gasteiger partial charge in [0.2, 0.25) is 0 Å². The second-order valence-corrected chi connectivity index (χ2v) is 9.44. The Morgan fingerprint density at radius 3 is 2.41 bits per heavy atom. The summed E-state index contributed by atoms with van der Waals surface area (Å²) in [5.74, 6) is 0.172. The summed E-state index contributed by atoms with van der Waals surface area (Å²) < 4.78 is 16.8. The molecule has 1 amide bonds. The number of rotatable bonds is 12. The van der Waals surface area contributed by atoms with Crippen LogP contribution in [0.25, 0.3) is 5.76 Å². The van der Waals surface area contributed by atoms with E-state index in [1.165, 1.54) is 4.90 Å². The monoisotopic (exact) mass is 510 g/mol. The van der Waals surface area contributed by atoms with Crippen molar-refractivity contribution in [2.24, 2.45) is 0 Å². The number of methoxy groups -OCH3 is 2. The average molecular weight is 511 g/mol. The Morgan fingerprint density at radius 2 is 1.78 bits per heavy atom. The summed E-state index contributed by atoms with van der Waals surface area (Å²) in [6, 6.07) is 9.82. The van der Waals surface area contributed by atoms with Crippen molar-refractivity contribution in [3.05, 3.63) is 58.7 Å². The summed E-state index contributed by atoms with van der Waals surface area (Å²) in [6.07, 6.45) is 3.11. The number of ether oxygens (including phenoxy) is 3. The van der Waals surface area contributed by atoms with Crippen LogP contribution < -0.4 is 14.2 Å². The minimum atomic E-state index is -0.774. The first-order valence-electron chi connectivity index (χ1n) is 12.6. The molecule has 1 unspecified atom stereocenters. The molecule has 1 saturated heterocycles. The van der Waals surface area contributed by atoms with Gasteiger partial charge in [0.25, 0.3) is 11.7 Å². The molecular weight excluding hydrogens is 472 g/mol. The SMILES string of the molecule is CCCCCOc1ccc(C2/C(=C(\O)c3ccc(OC)cc3C)C(=O)C(=O)N2CCN(C)C)cc1OC. The van der Waals surface area contributed by atoms with Crippen LogP contribution in [-0.2, 0) is 9.59 Å². The van der Waals surface area contributed by atoms with E-state index in [1.54, 1.807) is 44.6 Å². The topological polar surface area (TPSA) is 88.5 Å². The number of aryl methyl sites for hydroxylation is 1. The van der Waals surface area contributed by atoms with Crippen molar-refractivity contribution < 1.29 is 28.9 Å². The lowest BCUT2D eigenvalue weighted by Gasteiger charge is -2.27. The van der Waals surface area contributed by atoms with Crippen LogP contribution in [0.3, 0.4) is 0 Å². The summed E-state index contributed by atoms with van der Waals surface area (Å²) in [6.45, 7) is 5.40. The van der Waals surface area contributed by atoms with Crippen molar-refractivity contribution in [2.75, 3.05) is 48.0 Å². The van der Waals surface area contributed by atoms with E-state index in [2.05, 4.69) is 6.92 Å². The van der Waals surface area contributed by atoms with Crippen molar-refractivity contribution in [1.29, 1.82) is 0 Å². The minimum Gasteiger partial charge on any atom is -0.507 e. The maximum absolute atomic E-state index is 13.3. The third kappa shape index (κ3) is 6.25. The van der Waals surface area contributed by atoms with Crippen molar-refractivity contribution >= 4 is 17.4 Å². The number of amides is 1. The maximum Gasteiger partial charge on any atom is 0.295 e. The normalized spacial score (nSPS) is 16.9. The fourth-order valence-electron chi connectivity index (χ4n) is 4.45. The molecule has 0 bridgehead atoms. The molecule has 1 atom stereocenters. The number of hydrogen-bond acceptors (Lipinski definition) is 7. The van der Waals surface area contributed by atoms with Crippen molar-refractivity contribution in [3.63, 3.8) is 0 Å². The number of likely N-dealkylation sites (N-methyl/N-ethyl adjacent to an activating group) is 1. The number of likely N-dealkylation sites (tertiary alicyclic amines) is 1. The molecule has 1 aliphatic rings. The molecule has 0 aromatic heterocycles. The van der Waals surface area contributed by atoms with E-state index in [0.29, 0.717) is 48.1 Å². The van der Waals surface area contributed by atoms with Gasteiger partial charge >= 0.3 is 0 Å². The van der Waals surface area contributed by atoms with Gasteiger partial charge in [-0.3, -0.25) is 9.59 Å². The van der Waals surface area contributed by atoms with E-state index >= 15 is 0 Å². The van der Waals surface area contributed by atoms with Crippen LogP contribution in [0.1, 0.15) is 48.9 Å². The Labute approximate surface area is 219 Å². The number of Topliss-reactive ketones (excluding diaryl/α,β-unsaturated/α-hetero) is 1. The van der Waals surface area contributed by atoms with Crippen LogP contribution in [-0.4, -0.2) is 74.6 Å².